The second kappa shape index (κ2) is 7.28. The first-order valence-corrected chi connectivity index (χ1v) is 8.05. The van der Waals surface area contributed by atoms with E-state index in [2.05, 4.69) is 0 Å². The van der Waals surface area contributed by atoms with Crippen LogP contribution in [0.5, 0.6) is 0 Å². The average Bonchev–Trinajstić information content (AvgIpc) is 2.46. The molecule has 1 heterocycles. The molecular formula is C17H17Cl2NO4. The topological polar surface area (TPSA) is 78.6 Å². The first-order chi connectivity index (χ1) is 11.3. The number of hydrogen-bond acceptors (Lipinski definition) is 5. The molecule has 0 aliphatic carbocycles. The quantitative estimate of drug-likeness (QED) is 0.818. The third kappa shape index (κ3) is 3.28. The van der Waals surface area contributed by atoms with Crippen LogP contribution in [0.4, 0.5) is 0 Å². The van der Waals surface area contributed by atoms with E-state index in [1.165, 1.54) is 6.92 Å². The van der Waals surface area contributed by atoms with Gasteiger partial charge in [-0.15, -0.1) is 0 Å². The van der Waals surface area contributed by atoms with Crippen molar-refractivity contribution in [1.82, 2.24) is 0 Å². The summed E-state index contributed by atoms with van der Waals surface area (Å²) in [6.45, 7) is 4.80. The number of carbonyl (C=O) groups is 2. The minimum absolute atomic E-state index is 0.0163. The van der Waals surface area contributed by atoms with Gasteiger partial charge < -0.3 is 15.2 Å². The summed E-state index contributed by atoms with van der Waals surface area (Å²) in [5.74, 6) is -1.63. The molecular weight excluding hydrogens is 353 g/mol. The molecule has 0 fully saturated rings. The molecule has 1 atom stereocenters. The van der Waals surface area contributed by atoms with Crippen molar-refractivity contribution in [2.75, 3.05) is 6.61 Å². The summed E-state index contributed by atoms with van der Waals surface area (Å²) in [6.07, 6.45) is 0. The Morgan fingerprint density at radius 3 is 2.33 bits per heavy atom. The molecule has 1 aliphatic rings. The summed E-state index contributed by atoms with van der Waals surface area (Å²) >= 11 is 12.6. The monoisotopic (exact) mass is 369 g/mol. The Labute approximate surface area is 150 Å². The number of carbonyl (C=O) groups excluding carboxylic acids is 2. The molecule has 2 N–H and O–H groups in total. The molecule has 24 heavy (non-hydrogen) atoms. The van der Waals surface area contributed by atoms with Gasteiger partial charge in [0.25, 0.3) is 0 Å². The maximum atomic E-state index is 12.4. The van der Waals surface area contributed by atoms with E-state index < -0.39 is 11.9 Å². The Morgan fingerprint density at radius 2 is 1.83 bits per heavy atom. The van der Waals surface area contributed by atoms with Crippen molar-refractivity contribution >= 4 is 35.0 Å². The summed E-state index contributed by atoms with van der Waals surface area (Å²) in [6, 6.07) is 4.93. The number of allylic oxidation sites excluding steroid dienone is 2. The van der Waals surface area contributed by atoms with Crippen LogP contribution in [0, 0.1) is 0 Å². The standard InChI is InChI=1S/C17H17Cl2NO4/c1-4-23-17(22)15-14(13-10(18)6-5-7-11(13)19)12(8(2)21)9(3)24-16(15)20/h5-7,14H,4,20H2,1-3H3/t14-/m0/s1. The highest BCUT2D eigenvalue weighted by molar-refractivity contribution is 6.36. The van der Waals surface area contributed by atoms with Crippen LogP contribution in [-0.2, 0) is 19.1 Å². The van der Waals surface area contributed by atoms with Crippen molar-refractivity contribution in [3.8, 4) is 0 Å². The average molecular weight is 370 g/mol. The van der Waals surface area contributed by atoms with E-state index in [1.807, 2.05) is 0 Å². The molecule has 1 aromatic rings. The van der Waals surface area contributed by atoms with Crippen molar-refractivity contribution in [3.63, 3.8) is 0 Å². The van der Waals surface area contributed by atoms with Crippen LogP contribution < -0.4 is 5.73 Å². The van der Waals surface area contributed by atoms with E-state index in [9.17, 15) is 9.59 Å². The summed E-state index contributed by atoms with van der Waals surface area (Å²) in [5, 5.41) is 0.631. The molecule has 2 rings (SSSR count). The van der Waals surface area contributed by atoms with Crippen molar-refractivity contribution < 1.29 is 19.1 Å². The summed E-state index contributed by atoms with van der Waals surface area (Å²) in [4.78, 5) is 24.6. The highest BCUT2D eigenvalue weighted by Crippen LogP contribution is 2.45. The zero-order valence-corrected chi connectivity index (χ0v) is 15.0. The third-order valence-electron chi connectivity index (χ3n) is 3.65. The van der Waals surface area contributed by atoms with Crippen molar-refractivity contribution in [2.45, 2.75) is 26.7 Å². The lowest BCUT2D eigenvalue weighted by Gasteiger charge is -2.29. The zero-order valence-electron chi connectivity index (χ0n) is 13.5. The van der Waals surface area contributed by atoms with Crippen molar-refractivity contribution in [2.24, 2.45) is 5.73 Å². The van der Waals surface area contributed by atoms with Gasteiger partial charge in [0.2, 0.25) is 5.88 Å². The number of benzene rings is 1. The maximum absolute atomic E-state index is 12.4. The van der Waals surface area contributed by atoms with Gasteiger partial charge in [0, 0.05) is 21.2 Å². The Morgan fingerprint density at radius 1 is 1.25 bits per heavy atom. The lowest BCUT2D eigenvalue weighted by molar-refractivity contribution is -0.139. The van der Waals surface area contributed by atoms with E-state index in [0.29, 0.717) is 21.4 Å². The second-order valence-corrected chi connectivity index (χ2v) is 6.01. The van der Waals surface area contributed by atoms with Crippen LogP contribution in [0.3, 0.4) is 0 Å². The van der Waals surface area contributed by atoms with E-state index in [0.717, 1.165) is 0 Å². The molecule has 128 valence electrons. The fourth-order valence-corrected chi connectivity index (χ4v) is 3.33. The fourth-order valence-electron chi connectivity index (χ4n) is 2.72. The Balaban J connectivity index is 2.76. The lowest BCUT2D eigenvalue weighted by atomic mass is 9.81. The van der Waals surface area contributed by atoms with E-state index >= 15 is 0 Å². The van der Waals surface area contributed by atoms with Gasteiger partial charge in [-0.25, -0.2) is 4.79 Å². The highest BCUT2D eigenvalue weighted by atomic mass is 35.5. The molecule has 0 saturated carbocycles. The van der Waals surface area contributed by atoms with Gasteiger partial charge in [-0.3, -0.25) is 4.79 Å². The third-order valence-corrected chi connectivity index (χ3v) is 4.31. The number of Topliss-reactive ketones (excluding diaryl/α,β-unsaturated/α-hetero) is 1. The molecule has 0 saturated heterocycles. The van der Waals surface area contributed by atoms with Gasteiger partial charge in [0.1, 0.15) is 11.3 Å². The molecule has 0 unspecified atom stereocenters. The van der Waals surface area contributed by atoms with Gasteiger partial charge in [0.15, 0.2) is 5.78 Å². The van der Waals surface area contributed by atoms with E-state index in [4.69, 9.17) is 38.4 Å². The number of nitrogens with two attached hydrogens (primary N) is 1. The number of hydrogen-bond donors (Lipinski definition) is 1. The molecule has 5 nitrogen and oxygen atoms in total. The van der Waals surface area contributed by atoms with E-state index in [-0.39, 0.29) is 29.4 Å². The number of esters is 1. The Kier molecular flexibility index (Phi) is 5.57. The first kappa shape index (κ1) is 18.4. The normalized spacial score (nSPS) is 17.6. The number of rotatable bonds is 4. The minimum atomic E-state index is -0.850. The van der Waals surface area contributed by atoms with Gasteiger partial charge in [-0.05, 0) is 32.9 Å². The van der Waals surface area contributed by atoms with Crippen molar-refractivity contribution in [1.29, 1.82) is 0 Å². The Hall–Kier alpha value is -1.98. The smallest absolute Gasteiger partial charge is 0.340 e. The maximum Gasteiger partial charge on any atom is 0.340 e. The predicted molar refractivity (Wildman–Crippen MR) is 91.5 cm³/mol. The lowest BCUT2D eigenvalue weighted by Crippen LogP contribution is -2.29. The van der Waals surface area contributed by atoms with Crippen LogP contribution in [0.25, 0.3) is 0 Å². The predicted octanol–water partition coefficient (Wildman–Crippen LogP) is 3.70. The summed E-state index contributed by atoms with van der Waals surface area (Å²) in [7, 11) is 0. The van der Waals surface area contributed by atoms with Crippen LogP contribution in [-0.4, -0.2) is 18.4 Å². The highest BCUT2D eigenvalue weighted by Gasteiger charge is 2.39. The molecule has 7 heteroatoms. The summed E-state index contributed by atoms with van der Waals surface area (Å²) in [5.41, 5.74) is 6.61. The Bertz CT molecular complexity index is 748. The molecule has 0 bridgehead atoms. The van der Waals surface area contributed by atoms with Gasteiger partial charge in [0.05, 0.1) is 12.5 Å². The molecule has 0 amide bonds. The molecule has 0 radical (unpaired) electrons. The first-order valence-electron chi connectivity index (χ1n) is 7.29. The number of ketones is 1. The van der Waals surface area contributed by atoms with Crippen LogP contribution in [0.1, 0.15) is 32.3 Å². The van der Waals surface area contributed by atoms with Gasteiger partial charge >= 0.3 is 5.97 Å². The van der Waals surface area contributed by atoms with E-state index in [1.54, 1.807) is 32.0 Å². The van der Waals surface area contributed by atoms with Crippen LogP contribution in [0.2, 0.25) is 10.0 Å². The largest absolute Gasteiger partial charge is 0.462 e. The molecule has 0 spiro atoms. The SMILES string of the molecule is CCOC(=O)C1=C(N)OC(C)=C(C(C)=O)[C@H]1c1c(Cl)cccc1Cl. The summed E-state index contributed by atoms with van der Waals surface area (Å²) < 4.78 is 10.5. The number of ether oxygens (including phenoxy) is 2. The zero-order chi connectivity index (χ0) is 18.0. The molecule has 1 aliphatic heterocycles. The molecule has 0 aromatic heterocycles. The minimum Gasteiger partial charge on any atom is -0.462 e. The van der Waals surface area contributed by atoms with Crippen LogP contribution >= 0.6 is 23.2 Å². The van der Waals surface area contributed by atoms with Gasteiger partial charge in [-0.1, -0.05) is 29.3 Å². The number of halogens is 2. The molecule has 1 aromatic carbocycles. The fraction of sp³-hybridized carbons (Fsp3) is 0.294. The van der Waals surface area contributed by atoms with Crippen molar-refractivity contribution in [3.05, 3.63) is 56.6 Å². The van der Waals surface area contributed by atoms with Gasteiger partial charge in [-0.2, -0.15) is 0 Å². The van der Waals surface area contributed by atoms with Crippen LogP contribution in [0.15, 0.2) is 41.0 Å². The second-order valence-electron chi connectivity index (χ2n) is 5.19.